The van der Waals surface area contributed by atoms with Crippen molar-refractivity contribution in [1.29, 1.82) is 0 Å². The Hall–Kier alpha value is -4.53. The second-order valence-corrected chi connectivity index (χ2v) is 8.86. The van der Waals surface area contributed by atoms with Crippen molar-refractivity contribution in [1.82, 2.24) is 35.6 Å². The van der Waals surface area contributed by atoms with E-state index in [0.29, 0.717) is 0 Å². The van der Waals surface area contributed by atoms with E-state index in [0.717, 1.165) is 35.1 Å². The molecule has 2 amide bonds. The fraction of sp³-hybridized carbons (Fsp3) is 0.320. The lowest BCUT2D eigenvalue weighted by molar-refractivity contribution is -0.137. The van der Waals surface area contributed by atoms with Crippen molar-refractivity contribution in [3.05, 3.63) is 89.3 Å². The van der Waals surface area contributed by atoms with Crippen LogP contribution in [0.4, 0.5) is 17.6 Å². The van der Waals surface area contributed by atoms with Crippen molar-refractivity contribution < 1.29 is 27.2 Å². The van der Waals surface area contributed by atoms with Crippen molar-refractivity contribution in [2.24, 2.45) is 11.6 Å². The van der Waals surface area contributed by atoms with Gasteiger partial charge in [-0.15, -0.1) is 5.10 Å². The van der Waals surface area contributed by atoms with Crippen LogP contribution in [0.1, 0.15) is 46.7 Å². The van der Waals surface area contributed by atoms with Crippen molar-refractivity contribution in [3.63, 3.8) is 0 Å². The topological polar surface area (TPSA) is 157 Å². The molecule has 0 saturated heterocycles. The van der Waals surface area contributed by atoms with E-state index in [1.165, 1.54) is 10.9 Å². The summed E-state index contributed by atoms with van der Waals surface area (Å²) in [5, 5.41) is 13.7. The number of pyridine rings is 1. The Labute approximate surface area is 227 Å². The zero-order valence-electron chi connectivity index (χ0n) is 21.5. The summed E-state index contributed by atoms with van der Waals surface area (Å²) in [7, 11) is 0. The maximum Gasteiger partial charge on any atom is 0.416 e. The molecule has 3 aromatic rings. The second kappa shape index (κ2) is 13.5. The van der Waals surface area contributed by atoms with Gasteiger partial charge in [-0.1, -0.05) is 35.5 Å². The summed E-state index contributed by atoms with van der Waals surface area (Å²) in [5.74, 6) is 4.49. The number of hydrogen-bond acceptors (Lipinski definition) is 8. The third-order valence-electron chi connectivity index (χ3n) is 5.64. The quantitative estimate of drug-likeness (QED) is 0.113. The summed E-state index contributed by atoms with van der Waals surface area (Å²) in [6.45, 7) is 1.31. The van der Waals surface area contributed by atoms with E-state index in [9.17, 15) is 27.2 Å². The number of nitrogens with one attached hydrogen (secondary N) is 2. The Bertz CT molecular complexity index is 1310. The summed E-state index contributed by atoms with van der Waals surface area (Å²) < 4.78 is 54.2. The van der Waals surface area contributed by atoms with E-state index in [1.54, 1.807) is 0 Å². The number of aromatic nitrogens is 4. The number of carbonyl (C=O) groups excluding carboxylic acids is 2. The normalized spacial score (nSPS) is 13.4. The molecule has 15 heteroatoms. The van der Waals surface area contributed by atoms with E-state index >= 15 is 0 Å². The van der Waals surface area contributed by atoms with Gasteiger partial charge in [-0.2, -0.15) is 13.2 Å². The minimum Gasteiger partial charge on any atom is -0.393 e. The van der Waals surface area contributed by atoms with E-state index < -0.39 is 29.7 Å². The molecule has 3 rings (SSSR count). The number of hydrogen-bond donors (Lipinski definition) is 4. The number of benzene rings is 1. The lowest BCUT2D eigenvalue weighted by Crippen LogP contribution is -2.36. The molecule has 2 atom stereocenters. The van der Waals surface area contributed by atoms with Crippen LogP contribution in [0.15, 0.2) is 66.8 Å². The van der Waals surface area contributed by atoms with Gasteiger partial charge in [0.2, 0.25) is 0 Å². The lowest BCUT2D eigenvalue weighted by Gasteiger charge is -2.17. The molecular weight excluding hydrogens is 534 g/mol. The number of carbonyl (C=O) groups is 2. The number of aryl methyl sites for hydroxylation is 1. The van der Waals surface area contributed by atoms with Gasteiger partial charge in [0.05, 0.1) is 36.6 Å². The number of nitrogens with two attached hydrogens (primary N) is 2. The van der Waals surface area contributed by atoms with Crippen molar-refractivity contribution in [2.75, 3.05) is 6.54 Å². The fourth-order valence-electron chi connectivity index (χ4n) is 3.51. The fourth-order valence-corrected chi connectivity index (χ4v) is 3.51. The molecular formula is C25H29F4N9O2. The van der Waals surface area contributed by atoms with Gasteiger partial charge in [0.15, 0.2) is 5.69 Å². The van der Waals surface area contributed by atoms with Gasteiger partial charge in [0.25, 0.3) is 11.8 Å². The minimum atomic E-state index is -4.55. The molecule has 2 aromatic heterocycles. The summed E-state index contributed by atoms with van der Waals surface area (Å²) in [4.78, 5) is 28.4. The highest BCUT2D eigenvalue weighted by molar-refractivity contribution is 5.92. The van der Waals surface area contributed by atoms with Crippen LogP contribution in [0.5, 0.6) is 0 Å². The van der Waals surface area contributed by atoms with Crippen LogP contribution in [0, 0.1) is 0 Å². The van der Waals surface area contributed by atoms with Gasteiger partial charge in [0.1, 0.15) is 11.9 Å². The number of amides is 2. The summed E-state index contributed by atoms with van der Waals surface area (Å²) in [5.41, 5.74) is 5.38. The van der Waals surface area contributed by atoms with Crippen LogP contribution in [-0.2, 0) is 24.1 Å². The third-order valence-corrected chi connectivity index (χ3v) is 5.64. The molecule has 2 heterocycles. The minimum absolute atomic E-state index is 0.0242. The Kier molecular flexibility index (Phi) is 10.1. The molecule has 0 aliphatic heterocycles. The van der Waals surface area contributed by atoms with E-state index in [1.807, 2.05) is 37.3 Å². The molecule has 0 aliphatic rings. The lowest BCUT2D eigenvalue weighted by atomic mass is 10.1. The molecule has 0 fully saturated rings. The highest BCUT2D eigenvalue weighted by Gasteiger charge is 2.30. The number of halogens is 4. The Morgan fingerprint density at radius 3 is 2.62 bits per heavy atom. The van der Waals surface area contributed by atoms with Crippen molar-refractivity contribution in [2.45, 2.75) is 44.8 Å². The molecule has 0 radical (unpaired) electrons. The molecule has 1 aromatic carbocycles. The summed E-state index contributed by atoms with van der Waals surface area (Å²) >= 11 is 0. The second-order valence-electron chi connectivity index (χ2n) is 8.86. The Morgan fingerprint density at radius 2 is 1.93 bits per heavy atom. The zero-order valence-corrected chi connectivity index (χ0v) is 21.5. The van der Waals surface area contributed by atoms with Gasteiger partial charge >= 0.3 is 6.18 Å². The third kappa shape index (κ3) is 9.04. The standard InChI is InChI=1S/C25H29F4N9O2/c1-16(17-5-3-2-4-6-17)34-24(40)22-15-38(36-35-22)10-8-19(26)13-37(31)14-21(30)23(39)33-12-20-11-18(7-9-32-20)25(27,28)29/h2-7,9,11,14-16,19H,8,10,12-13,30-31H2,1H3,(H,33,39)(H,34,40)/b21-14-. The maximum atomic E-state index is 14.5. The first-order valence-corrected chi connectivity index (χ1v) is 12.1. The highest BCUT2D eigenvalue weighted by Crippen LogP contribution is 2.28. The Balaban J connectivity index is 1.43. The molecule has 0 aliphatic carbocycles. The molecule has 2 unspecified atom stereocenters. The first kappa shape index (κ1) is 30.0. The smallest absolute Gasteiger partial charge is 0.393 e. The highest BCUT2D eigenvalue weighted by atomic mass is 19.4. The van der Waals surface area contributed by atoms with Gasteiger partial charge in [-0.25, -0.2) is 10.2 Å². The SMILES string of the molecule is CC(NC(=O)c1cn(CCC(F)CN(N)/C=C(\N)C(=O)NCc2cc(C(F)(F)F)ccn2)nn1)c1ccccc1. The maximum absolute atomic E-state index is 14.5. The summed E-state index contributed by atoms with van der Waals surface area (Å²) in [6.07, 6.45) is -2.64. The average molecular weight is 564 g/mol. The average Bonchev–Trinajstić information content (AvgIpc) is 3.40. The molecule has 0 spiro atoms. The van der Waals surface area contributed by atoms with Crippen LogP contribution < -0.4 is 22.2 Å². The number of nitrogens with zero attached hydrogens (tertiary/aromatic N) is 5. The molecule has 40 heavy (non-hydrogen) atoms. The predicted molar refractivity (Wildman–Crippen MR) is 136 cm³/mol. The van der Waals surface area contributed by atoms with Gasteiger partial charge in [0, 0.05) is 25.4 Å². The first-order valence-electron chi connectivity index (χ1n) is 12.1. The molecule has 11 nitrogen and oxygen atoms in total. The number of rotatable bonds is 12. The molecule has 0 saturated carbocycles. The van der Waals surface area contributed by atoms with E-state index in [4.69, 9.17) is 11.6 Å². The van der Waals surface area contributed by atoms with Gasteiger partial charge < -0.3 is 21.4 Å². The molecule has 214 valence electrons. The van der Waals surface area contributed by atoms with Crippen molar-refractivity contribution >= 4 is 11.8 Å². The van der Waals surface area contributed by atoms with Crippen LogP contribution in [-0.4, -0.2) is 49.5 Å². The van der Waals surface area contributed by atoms with Crippen LogP contribution >= 0.6 is 0 Å². The number of alkyl halides is 4. The number of hydrazine groups is 1. The van der Waals surface area contributed by atoms with Gasteiger partial charge in [-0.3, -0.25) is 19.3 Å². The zero-order chi connectivity index (χ0) is 29.3. The largest absolute Gasteiger partial charge is 0.416 e. The van der Waals surface area contributed by atoms with E-state index in [2.05, 4.69) is 25.9 Å². The molecule has 0 bridgehead atoms. The van der Waals surface area contributed by atoms with Gasteiger partial charge in [-0.05, 0) is 24.6 Å². The van der Waals surface area contributed by atoms with Crippen LogP contribution in [0.25, 0.3) is 0 Å². The van der Waals surface area contributed by atoms with Crippen molar-refractivity contribution in [3.8, 4) is 0 Å². The Morgan fingerprint density at radius 1 is 1.20 bits per heavy atom. The molecule has 6 N–H and O–H groups in total. The van der Waals surface area contributed by atoms with Crippen LogP contribution in [0.2, 0.25) is 0 Å². The first-order chi connectivity index (χ1) is 18.9. The van der Waals surface area contributed by atoms with E-state index in [-0.39, 0.29) is 49.2 Å². The monoisotopic (exact) mass is 563 g/mol. The van der Waals surface area contributed by atoms with Crippen LogP contribution in [0.3, 0.4) is 0 Å². The summed E-state index contributed by atoms with van der Waals surface area (Å²) in [6, 6.07) is 10.7. The predicted octanol–water partition coefficient (Wildman–Crippen LogP) is 2.20.